The molecular weight excluding hydrogens is 292 g/mol. The van der Waals surface area contributed by atoms with Crippen LogP contribution in [0, 0.1) is 5.92 Å². The van der Waals surface area contributed by atoms with Crippen LogP contribution in [0.15, 0.2) is 53.5 Å². The lowest BCUT2D eigenvalue weighted by Crippen LogP contribution is -2.48. The number of benzene rings is 1. The summed E-state index contributed by atoms with van der Waals surface area (Å²) in [6.07, 6.45) is 3.32. The molecule has 1 aliphatic rings. The molecule has 23 heavy (non-hydrogen) atoms. The molecule has 0 aliphatic heterocycles. The molecule has 1 fully saturated rings. The molecule has 3 rings (SSSR count). The summed E-state index contributed by atoms with van der Waals surface area (Å²) in [5.74, 6) is 0.0699. The zero-order valence-electron chi connectivity index (χ0n) is 12.7. The minimum Gasteiger partial charge on any atom is -0.393 e. The van der Waals surface area contributed by atoms with Crippen LogP contribution in [0.1, 0.15) is 28.8 Å². The number of aliphatic hydroxyl groups excluding tert-OH is 1. The van der Waals surface area contributed by atoms with Crippen LogP contribution in [0.2, 0.25) is 0 Å². The summed E-state index contributed by atoms with van der Waals surface area (Å²) in [7, 11) is 0. The lowest BCUT2D eigenvalue weighted by molar-refractivity contribution is 0.0239. The van der Waals surface area contributed by atoms with Crippen molar-refractivity contribution in [1.29, 1.82) is 0 Å². The number of carbonyl (C=O) groups is 1. The smallest absolute Gasteiger partial charge is 0.252 e. The zero-order chi connectivity index (χ0) is 16.2. The van der Waals surface area contributed by atoms with Gasteiger partial charge in [0.2, 0.25) is 5.56 Å². The van der Waals surface area contributed by atoms with Gasteiger partial charge in [-0.05, 0) is 36.8 Å². The van der Waals surface area contributed by atoms with Crippen molar-refractivity contribution in [2.24, 2.45) is 5.92 Å². The largest absolute Gasteiger partial charge is 0.393 e. The highest BCUT2D eigenvalue weighted by Crippen LogP contribution is 2.31. The first-order valence-electron chi connectivity index (χ1n) is 7.83. The van der Waals surface area contributed by atoms with Gasteiger partial charge < -0.3 is 15.4 Å². The first-order chi connectivity index (χ1) is 11.1. The summed E-state index contributed by atoms with van der Waals surface area (Å²) >= 11 is 0. The fraction of sp³-hybridized carbons (Fsp3) is 0.333. The van der Waals surface area contributed by atoms with Gasteiger partial charge in [-0.1, -0.05) is 30.3 Å². The van der Waals surface area contributed by atoms with Gasteiger partial charge in [-0.25, -0.2) is 0 Å². The molecule has 0 radical (unpaired) electrons. The molecule has 3 N–H and O–H groups in total. The van der Waals surface area contributed by atoms with Gasteiger partial charge >= 0.3 is 0 Å². The van der Waals surface area contributed by atoms with Crippen molar-refractivity contribution in [2.45, 2.75) is 31.4 Å². The minimum atomic E-state index is -0.261. The van der Waals surface area contributed by atoms with Crippen LogP contribution in [0.3, 0.4) is 0 Å². The number of hydrogen-bond acceptors (Lipinski definition) is 3. The Hall–Kier alpha value is -2.40. The van der Waals surface area contributed by atoms with Crippen molar-refractivity contribution >= 4 is 5.91 Å². The third-order valence-corrected chi connectivity index (χ3v) is 4.38. The zero-order valence-corrected chi connectivity index (χ0v) is 12.7. The molecule has 0 saturated heterocycles. The number of aromatic amines is 1. The van der Waals surface area contributed by atoms with Crippen molar-refractivity contribution < 1.29 is 9.90 Å². The Balaban J connectivity index is 1.71. The summed E-state index contributed by atoms with van der Waals surface area (Å²) in [6, 6.07) is 12.8. The van der Waals surface area contributed by atoms with Gasteiger partial charge in [-0.15, -0.1) is 0 Å². The van der Waals surface area contributed by atoms with E-state index in [1.165, 1.54) is 18.3 Å². The molecule has 120 valence electrons. The summed E-state index contributed by atoms with van der Waals surface area (Å²) in [5.41, 5.74) is 1.35. The molecule has 1 saturated carbocycles. The highest BCUT2D eigenvalue weighted by atomic mass is 16.3. The second kappa shape index (κ2) is 6.79. The maximum Gasteiger partial charge on any atom is 0.252 e. The maximum atomic E-state index is 12.4. The number of aromatic nitrogens is 1. The topological polar surface area (TPSA) is 82.2 Å². The second-order valence-electron chi connectivity index (χ2n) is 6.10. The number of hydrogen-bond donors (Lipinski definition) is 3. The van der Waals surface area contributed by atoms with Gasteiger partial charge in [0.05, 0.1) is 11.7 Å². The van der Waals surface area contributed by atoms with Crippen molar-refractivity contribution in [3.05, 3.63) is 70.1 Å². The van der Waals surface area contributed by atoms with E-state index in [9.17, 15) is 14.7 Å². The molecule has 1 aliphatic carbocycles. The lowest BCUT2D eigenvalue weighted by Gasteiger charge is -2.38. The maximum absolute atomic E-state index is 12.4. The van der Waals surface area contributed by atoms with Crippen LogP contribution in [-0.2, 0) is 6.42 Å². The first kappa shape index (κ1) is 15.5. The average Bonchev–Trinajstić information content (AvgIpc) is 2.53. The molecule has 1 heterocycles. The van der Waals surface area contributed by atoms with Gasteiger partial charge in [0.1, 0.15) is 0 Å². The van der Waals surface area contributed by atoms with Crippen molar-refractivity contribution in [3.8, 4) is 0 Å². The number of nitrogens with one attached hydrogen (secondary N) is 2. The monoisotopic (exact) mass is 312 g/mol. The highest BCUT2D eigenvalue weighted by Gasteiger charge is 2.34. The average molecular weight is 312 g/mol. The van der Waals surface area contributed by atoms with Crippen LogP contribution >= 0.6 is 0 Å². The van der Waals surface area contributed by atoms with Gasteiger partial charge in [0.25, 0.3) is 5.91 Å². The molecule has 1 atom stereocenters. The number of pyridine rings is 1. The predicted molar refractivity (Wildman–Crippen MR) is 87.2 cm³/mol. The molecule has 0 spiro atoms. The van der Waals surface area contributed by atoms with E-state index in [1.807, 2.05) is 30.3 Å². The molecular formula is C18H20N2O3. The van der Waals surface area contributed by atoms with E-state index in [-0.39, 0.29) is 29.5 Å². The van der Waals surface area contributed by atoms with E-state index in [1.54, 1.807) is 0 Å². The van der Waals surface area contributed by atoms with Crippen molar-refractivity contribution in [1.82, 2.24) is 10.3 Å². The van der Waals surface area contributed by atoms with Crippen LogP contribution < -0.4 is 10.9 Å². The van der Waals surface area contributed by atoms with Crippen molar-refractivity contribution in [2.75, 3.05) is 0 Å². The van der Waals surface area contributed by atoms with E-state index in [0.29, 0.717) is 18.4 Å². The van der Waals surface area contributed by atoms with Gasteiger partial charge in [-0.2, -0.15) is 0 Å². The highest BCUT2D eigenvalue weighted by molar-refractivity contribution is 5.94. The van der Waals surface area contributed by atoms with E-state index in [2.05, 4.69) is 10.3 Å². The molecule has 0 bridgehead atoms. The molecule has 1 aromatic carbocycles. The van der Waals surface area contributed by atoms with E-state index < -0.39 is 0 Å². The Morgan fingerprint density at radius 3 is 2.57 bits per heavy atom. The Labute approximate surface area is 134 Å². The first-order valence-corrected chi connectivity index (χ1v) is 7.83. The van der Waals surface area contributed by atoms with E-state index in [0.717, 1.165) is 12.0 Å². The Morgan fingerprint density at radius 1 is 1.22 bits per heavy atom. The summed E-state index contributed by atoms with van der Waals surface area (Å²) in [6.45, 7) is 0. The van der Waals surface area contributed by atoms with Crippen LogP contribution in [-0.4, -0.2) is 28.1 Å². The number of rotatable bonds is 5. The summed E-state index contributed by atoms with van der Waals surface area (Å²) < 4.78 is 0. The Kier molecular flexibility index (Phi) is 4.57. The fourth-order valence-corrected chi connectivity index (χ4v) is 2.97. The number of aliphatic hydroxyl groups is 1. The Bertz CT molecular complexity index is 700. The van der Waals surface area contributed by atoms with Crippen LogP contribution in [0.25, 0.3) is 0 Å². The molecule has 1 amide bonds. The predicted octanol–water partition coefficient (Wildman–Crippen LogP) is 1.49. The molecule has 0 unspecified atom stereocenters. The molecule has 5 nitrogen and oxygen atoms in total. The second-order valence-corrected chi connectivity index (χ2v) is 6.10. The SMILES string of the molecule is O=C(N[C@@H](Cc1ccccc1)C1CC(O)C1)c1ccc(=O)[nH]c1. The lowest BCUT2D eigenvalue weighted by atomic mass is 9.75. The summed E-state index contributed by atoms with van der Waals surface area (Å²) in [4.78, 5) is 26.0. The van der Waals surface area contributed by atoms with E-state index >= 15 is 0 Å². The van der Waals surface area contributed by atoms with Crippen LogP contribution in [0.5, 0.6) is 0 Å². The van der Waals surface area contributed by atoms with Crippen molar-refractivity contribution in [3.63, 3.8) is 0 Å². The molecule has 5 heteroatoms. The Morgan fingerprint density at radius 2 is 1.96 bits per heavy atom. The molecule has 1 aromatic heterocycles. The van der Waals surface area contributed by atoms with Gasteiger partial charge in [0, 0.05) is 18.3 Å². The molecule has 2 aromatic rings. The quantitative estimate of drug-likeness (QED) is 0.782. The standard InChI is InChI=1S/C18H20N2O3/c21-15-9-14(10-15)16(8-12-4-2-1-3-5-12)20-18(23)13-6-7-17(22)19-11-13/h1-7,11,14-16,21H,8-10H2,(H,19,22)(H,20,23)/t14?,15?,16-/m0/s1. The van der Waals surface area contributed by atoms with Crippen LogP contribution in [0.4, 0.5) is 0 Å². The summed E-state index contributed by atoms with van der Waals surface area (Å²) in [5, 5.41) is 12.6. The fourth-order valence-electron chi connectivity index (χ4n) is 2.97. The van der Waals surface area contributed by atoms with Gasteiger partial charge in [0.15, 0.2) is 0 Å². The number of carbonyl (C=O) groups excluding carboxylic acids is 1. The number of amides is 1. The normalized spacial score (nSPS) is 21.3. The number of H-pyrrole nitrogens is 1. The van der Waals surface area contributed by atoms with Gasteiger partial charge in [-0.3, -0.25) is 9.59 Å². The van der Waals surface area contributed by atoms with E-state index in [4.69, 9.17) is 0 Å². The third-order valence-electron chi connectivity index (χ3n) is 4.38. The third kappa shape index (κ3) is 3.87. The minimum absolute atomic E-state index is 0.0276.